The first kappa shape index (κ1) is 16.2. The zero-order chi connectivity index (χ0) is 18.5. The summed E-state index contributed by atoms with van der Waals surface area (Å²) in [6.45, 7) is -0.227. The minimum absolute atomic E-state index is 0.137. The minimum atomic E-state index is -0.362. The Bertz CT molecular complexity index is 967. The average molecular weight is 361 g/mol. The molecular formula is C21H19N3O3. The Morgan fingerprint density at radius 1 is 1.07 bits per heavy atom. The standard InChI is InChI=1S/C21H19N3O3/c25-17(23-15-7-8-16-14(10-15)2-1-9-22-16)11-24-20(26)18-12-3-4-13(6-5-12)19(18)21(24)27/h1-4,7-10,12-13,18-19H,5-6,11H2,(H,23,25). The molecule has 6 rings (SSSR count). The van der Waals surface area contributed by atoms with Gasteiger partial charge in [-0.05, 0) is 48.9 Å². The van der Waals surface area contributed by atoms with E-state index >= 15 is 0 Å². The molecule has 6 heteroatoms. The van der Waals surface area contributed by atoms with Crippen LogP contribution in [0.4, 0.5) is 5.69 Å². The quantitative estimate of drug-likeness (QED) is 0.672. The van der Waals surface area contributed by atoms with Gasteiger partial charge in [-0.25, -0.2) is 0 Å². The average Bonchev–Trinajstić information content (AvgIpc) is 2.96. The topological polar surface area (TPSA) is 79.4 Å². The number of pyridine rings is 1. The van der Waals surface area contributed by atoms with Crippen LogP contribution in [-0.2, 0) is 14.4 Å². The fourth-order valence-electron chi connectivity index (χ4n) is 4.79. The number of imide groups is 1. The van der Waals surface area contributed by atoms with Crippen molar-refractivity contribution in [2.75, 3.05) is 11.9 Å². The fraction of sp³-hybridized carbons (Fsp3) is 0.333. The zero-order valence-electron chi connectivity index (χ0n) is 14.7. The van der Waals surface area contributed by atoms with E-state index in [1.165, 1.54) is 0 Å². The molecule has 1 aromatic heterocycles. The van der Waals surface area contributed by atoms with Crippen molar-refractivity contribution in [2.45, 2.75) is 12.8 Å². The number of likely N-dealkylation sites (tertiary alicyclic amines) is 1. The molecule has 2 heterocycles. The van der Waals surface area contributed by atoms with Gasteiger partial charge in [-0.15, -0.1) is 0 Å². The van der Waals surface area contributed by atoms with Gasteiger partial charge in [0, 0.05) is 17.3 Å². The minimum Gasteiger partial charge on any atom is -0.325 e. The number of hydrogen-bond acceptors (Lipinski definition) is 4. The van der Waals surface area contributed by atoms with Crippen LogP contribution in [-0.4, -0.2) is 34.2 Å². The first-order chi connectivity index (χ1) is 13.1. The highest BCUT2D eigenvalue weighted by atomic mass is 16.2. The van der Waals surface area contributed by atoms with Gasteiger partial charge in [-0.2, -0.15) is 0 Å². The second kappa shape index (κ2) is 6.01. The third-order valence-corrected chi connectivity index (χ3v) is 6.04. The van der Waals surface area contributed by atoms with Crippen molar-refractivity contribution in [3.05, 3.63) is 48.7 Å². The number of carbonyl (C=O) groups excluding carboxylic acids is 3. The van der Waals surface area contributed by atoms with Gasteiger partial charge in [0.15, 0.2) is 0 Å². The van der Waals surface area contributed by atoms with Crippen LogP contribution in [0.2, 0.25) is 0 Å². The Kier molecular flexibility index (Phi) is 3.60. The normalized spacial score (nSPS) is 28.7. The fourth-order valence-corrected chi connectivity index (χ4v) is 4.79. The van der Waals surface area contributed by atoms with Crippen LogP contribution < -0.4 is 5.32 Å². The molecule has 0 spiro atoms. The van der Waals surface area contributed by atoms with Gasteiger partial charge in [0.2, 0.25) is 17.7 Å². The van der Waals surface area contributed by atoms with Crippen LogP contribution in [0.5, 0.6) is 0 Å². The summed E-state index contributed by atoms with van der Waals surface area (Å²) in [5, 5.41) is 3.71. The van der Waals surface area contributed by atoms with Crippen LogP contribution in [0, 0.1) is 23.7 Å². The molecule has 1 aliphatic heterocycles. The van der Waals surface area contributed by atoms with Crippen molar-refractivity contribution in [3.63, 3.8) is 0 Å². The van der Waals surface area contributed by atoms with Gasteiger partial charge in [0.25, 0.3) is 0 Å². The molecule has 3 amide bonds. The van der Waals surface area contributed by atoms with E-state index in [4.69, 9.17) is 0 Å². The van der Waals surface area contributed by atoms with E-state index in [1.54, 1.807) is 12.3 Å². The summed E-state index contributed by atoms with van der Waals surface area (Å²) in [7, 11) is 0. The number of fused-ring (bicyclic) bond motifs is 2. The van der Waals surface area contributed by atoms with E-state index in [0.717, 1.165) is 28.6 Å². The highest BCUT2D eigenvalue weighted by Gasteiger charge is 2.56. The molecular weight excluding hydrogens is 342 g/mol. The summed E-state index contributed by atoms with van der Waals surface area (Å²) in [5.41, 5.74) is 1.46. The smallest absolute Gasteiger partial charge is 0.244 e. The predicted molar refractivity (Wildman–Crippen MR) is 99.4 cm³/mol. The van der Waals surface area contributed by atoms with Crippen LogP contribution >= 0.6 is 0 Å². The van der Waals surface area contributed by atoms with Gasteiger partial charge in [-0.1, -0.05) is 18.2 Å². The van der Waals surface area contributed by atoms with Crippen molar-refractivity contribution < 1.29 is 14.4 Å². The molecule has 0 radical (unpaired) electrons. The lowest BCUT2D eigenvalue weighted by atomic mass is 9.63. The van der Waals surface area contributed by atoms with Gasteiger partial charge < -0.3 is 5.32 Å². The molecule has 27 heavy (non-hydrogen) atoms. The van der Waals surface area contributed by atoms with E-state index in [-0.39, 0.29) is 47.9 Å². The summed E-state index contributed by atoms with van der Waals surface area (Å²) in [5.74, 6) is -1.03. The van der Waals surface area contributed by atoms with Crippen molar-refractivity contribution in [2.24, 2.45) is 23.7 Å². The number of carbonyl (C=O) groups is 3. The van der Waals surface area contributed by atoms with Crippen molar-refractivity contribution >= 4 is 34.3 Å². The Morgan fingerprint density at radius 3 is 2.44 bits per heavy atom. The summed E-state index contributed by atoms with van der Waals surface area (Å²) < 4.78 is 0. The third-order valence-electron chi connectivity index (χ3n) is 6.04. The number of anilines is 1. The highest BCUT2D eigenvalue weighted by molar-refractivity contribution is 6.09. The number of amides is 3. The molecule has 3 aliphatic carbocycles. The number of hydrogen-bond donors (Lipinski definition) is 1. The van der Waals surface area contributed by atoms with Crippen molar-refractivity contribution in [1.82, 2.24) is 9.88 Å². The molecule has 1 saturated carbocycles. The van der Waals surface area contributed by atoms with Gasteiger partial charge in [0.05, 0.1) is 17.4 Å². The number of benzene rings is 1. The lowest BCUT2D eigenvalue weighted by molar-refractivity contribution is -0.142. The highest BCUT2D eigenvalue weighted by Crippen LogP contribution is 2.49. The maximum atomic E-state index is 12.8. The van der Waals surface area contributed by atoms with Crippen LogP contribution in [0.3, 0.4) is 0 Å². The molecule has 4 atom stereocenters. The Morgan fingerprint density at radius 2 is 1.78 bits per heavy atom. The van der Waals surface area contributed by atoms with E-state index < -0.39 is 0 Å². The monoisotopic (exact) mass is 361 g/mol. The van der Waals surface area contributed by atoms with Crippen molar-refractivity contribution in [1.29, 1.82) is 0 Å². The lowest BCUT2D eigenvalue weighted by Crippen LogP contribution is -2.38. The third kappa shape index (κ3) is 2.55. The maximum Gasteiger partial charge on any atom is 0.244 e. The molecule has 1 aromatic carbocycles. The molecule has 6 nitrogen and oxygen atoms in total. The predicted octanol–water partition coefficient (Wildman–Crippen LogP) is 2.37. The first-order valence-electron chi connectivity index (χ1n) is 9.30. The molecule has 4 aliphatic rings. The number of nitrogens with zero attached hydrogens (tertiary/aromatic N) is 2. The molecule has 2 bridgehead atoms. The number of nitrogens with one attached hydrogen (secondary N) is 1. The lowest BCUT2D eigenvalue weighted by Gasteiger charge is -2.38. The first-order valence-corrected chi connectivity index (χ1v) is 9.30. The Balaban J connectivity index is 1.32. The van der Waals surface area contributed by atoms with Crippen LogP contribution in [0.25, 0.3) is 10.9 Å². The summed E-state index contributed by atoms with van der Waals surface area (Å²) in [4.78, 5) is 43.5. The van der Waals surface area contributed by atoms with Gasteiger partial charge in [0.1, 0.15) is 6.54 Å². The number of allylic oxidation sites excluding steroid dienone is 2. The summed E-state index contributed by atoms with van der Waals surface area (Å²) >= 11 is 0. The molecule has 1 N–H and O–H groups in total. The van der Waals surface area contributed by atoms with Crippen LogP contribution in [0.1, 0.15) is 12.8 Å². The van der Waals surface area contributed by atoms with Crippen molar-refractivity contribution in [3.8, 4) is 0 Å². The largest absolute Gasteiger partial charge is 0.325 e. The SMILES string of the molecule is O=C(CN1C(=O)C2C3C=CC(CC3)C2C1=O)Nc1ccc2ncccc2c1. The maximum absolute atomic E-state index is 12.8. The molecule has 2 fully saturated rings. The van der Waals surface area contributed by atoms with E-state index in [1.807, 2.05) is 24.3 Å². The molecule has 1 saturated heterocycles. The second-order valence-corrected chi connectivity index (χ2v) is 7.56. The Labute approximate surface area is 156 Å². The summed E-state index contributed by atoms with van der Waals surface area (Å²) in [6.07, 6.45) is 7.77. The molecule has 136 valence electrons. The zero-order valence-corrected chi connectivity index (χ0v) is 14.7. The second-order valence-electron chi connectivity index (χ2n) is 7.56. The van der Waals surface area contributed by atoms with E-state index in [2.05, 4.69) is 22.5 Å². The van der Waals surface area contributed by atoms with Gasteiger partial charge in [-0.3, -0.25) is 24.3 Å². The van der Waals surface area contributed by atoms with Crippen LogP contribution in [0.15, 0.2) is 48.7 Å². The van der Waals surface area contributed by atoms with Gasteiger partial charge >= 0.3 is 0 Å². The van der Waals surface area contributed by atoms with E-state index in [0.29, 0.717) is 5.69 Å². The molecule has 4 unspecified atom stereocenters. The number of rotatable bonds is 3. The molecule has 2 aromatic rings. The van der Waals surface area contributed by atoms with E-state index in [9.17, 15) is 14.4 Å². The Hall–Kier alpha value is -3.02. The summed E-state index contributed by atoms with van der Waals surface area (Å²) in [6, 6.07) is 9.18. The number of aromatic nitrogens is 1.